The van der Waals surface area contributed by atoms with Crippen LogP contribution in [0.25, 0.3) is 0 Å². The van der Waals surface area contributed by atoms with Crippen LogP contribution in [0.4, 0.5) is 0 Å². The largest absolute Gasteiger partial charge is 0.324 e. The monoisotopic (exact) mass is 326 g/mol. The summed E-state index contributed by atoms with van der Waals surface area (Å²) in [6.45, 7) is 15.0. The molecule has 0 N–H and O–H groups in total. The number of nitrogens with zero attached hydrogens (tertiary/aromatic N) is 1. The normalized spacial score (nSPS) is 11.1. The fourth-order valence-corrected chi connectivity index (χ4v) is 3.33. The Bertz CT molecular complexity index is 240. The van der Waals surface area contributed by atoms with Gasteiger partial charge in [0.2, 0.25) is 0 Å². The molecule has 0 saturated carbocycles. The summed E-state index contributed by atoms with van der Waals surface area (Å²) in [5, 5.41) is 4.08. The van der Waals surface area contributed by atoms with Crippen molar-refractivity contribution in [2.45, 2.75) is 79.1 Å². The molecule has 0 unspecified atom stereocenters. The Morgan fingerprint density at radius 3 is 1.09 bits per heavy atom. The number of unbranched alkanes of at least 4 members (excludes halogenated alkanes) is 4. The molecule has 1 aromatic rings. The second-order valence-corrected chi connectivity index (χ2v) is 7.26. The molecule has 0 aliphatic rings. The van der Waals surface area contributed by atoms with E-state index in [1.807, 2.05) is 22.9 Å². The van der Waals surface area contributed by atoms with Crippen LogP contribution in [0, 0.1) is 0 Å². The van der Waals surface area contributed by atoms with Gasteiger partial charge in [-0.1, -0.05) is 65.5 Å². The Morgan fingerprint density at radius 2 is 0.909 bits per heavy atom. The lowest BCUT2D eigenvalue weighted by Crippen LogP contribution is -2.50. The van der Waals surface area contributed by atoms with Crippen LogP contribution in [0.15, 0.2) is 22.9 Å². The van der Waals surface area contributed by atoms with Crippen molar-refractivity contribution >= 4 is 11.3 Å². The Labute approximate surface area is 144 Å². The smallest absolute Gasteiger partial charge is 0.0786 e. The Hall–Kier alpha value is -0.340. The molecule has 1 rings (SSSR count). The van der Waals surface area contributed by atoms with Crippen molar-refractivity contribution in [1.29, 1.82) is 0 Å². The highest BCUT2D eigenvalue weighted by molar-refractivity contribution is 7.07. The lowest BCUT2D eigenvalue weighted by atomic mass is 10.1. The predicted molar refractivity (Wildman–Crippen MR) is 104 cm³/mol. The quantitative estimate of drug-likeness (QED) is 0.373. The maximum absolute atomic E-state index is 2.33. The van der Waals surface area contributed by atoms with Crippen molar-refractivity contribution in [3.05, 3.63) is 22.9 Å². The average molecular weight is 327 g/mol. The summed E-state index contributed by atoms with van der Waals surface area (Å²) in [6, 6.07) is 4.04. The first kappa shape index (κ1) is 21.7. The number of quaternary nitrogens is 1. The molecular formula is C20H40NS+. The van der Waals surface area contributed by atoms with E-state index in [2.05, 4.69) is 27.7 Å². The molecule has 0 atom stereocenters. The molecule has 22 heavy (non-hydrogen) atoms. The Kier molecular flexibility index (Phi) is 15.3. The summed E-state index contributed by atoms with van der Waals surface area (Å²) >= 11 is 1.71. The van der Waals surface area contributed by atoms with E-state index in [1.165, 1.54) is 82.0 Å². The van der Waals surface area contributed by atoms with E-state index in [0.717, 1.165) is 0 Å². The molecule has 0 fully saturated rings. The summed E-state index contributed by atoms with van der Waals surface area (Å²) in [4.78, 5) is 0. The van der Waals surface area contributed by atoms with Gasteiger partial charge in [-0.3, -0.25) is 0 Å². The second kappa shape index (κ2) is 15.6. The van der Waals surface area contributed by atoms with E-state index in [1.54, 1.807) is 11.3 Å². The summed E-state index contributed by atoms with van der Waals surface area (Å²) in [7, 11) is 0. The van der Waals surface area contributed by atoms with E-state index >= 15 is 0 Å². The van der Waals surface area contributed by atoms with E-state index in [0.29, 0.717) is 0 Å². The molecule has 0 amide bonds. The van der Waals surface area contributed by atoms with Crippen LogP contribution in [0.3, 0.4) is 0 Å². The van der Waals surface area contributed by atoms with Gasteiger partial charge in [0.25, 0.3) is 0 Å². The summed E-state index contributed by atoms with van der Waals surface area (Å²) < 4.78 is 1.42. The zero-order chi connectivity index (χ0) is 16.5. The molecule has 2 heteroatoms. The molecule has 1 heterocycles. The molecule has 130 valence electrons. The van der Waals surface area contributed by atoms with Crippen LogP contribution in [0.5, 0.6) is 0 Å². The molecule has 0 saturated heterocycles. The molecule has 0 spiro atoms. The van der Waals surface area contributed by atoms with E-state index in [-0.39, 0.29) is 0 Å². The maximum atomic E-state index is 2.33. The SMILES string of the molecule is CCCC[N+](CCCC)(CCCC)CCCC.c1ccsc1. The maximum Gasteiger partial charge on any atom is 0.0786 e. The van der Waals surface area contributed by atoms with Crippen LogP contribution >= 0.6 is 11.3 Å². The van der Waals surface area contributed by atoms with Crippen LogP contribution in [-0.4, -0.2) is 30.7 Å². The first-order valence-electron chi connectivity index (χ1n) is 9.56. The first-order chi connectivity index (χ1) is 10.7. The van der Waals surface area contributed by atoms with Crippen molar-refractivity contribution in [1.82, 2.24) is 0 Å². The summed E-state index contributed by atoms with van der Waals surface area (Å²) in [5.41, 5.74) is 0. The van der Waals surface area contributed by atoms with Crippen LogP contribution in [-0.2, 0) is 0 Å². The number of hydrogen-bond donors (Lipinski definition) is 0. The highest BCUT2D eigenvalue weighted by Gasteiger charge is 2.24. The van der Waals surface area contributed by atoms with Gasteiger partial charge in [0.15, 0.2) is 0 Å². The van der Waals surface area contributed by atoms with Gasteiger partial charge < -0.3 is 4.48 Å². The van der Waals surface area contributed by atoms with Gasteiger partial charge in [0.1, 0.15) is 0 Å². The van der Waals surface area contributed by atoms with Crippen molar-refractivity contribution in [3.8, 4) is 0 Å². The second-order valence-electron chi connectivity index (χ2n) is 6.44. The van der Waals surface area contributed by atoms with E-state index in [4.69, 9.17) is 0 Å². The highest BCUT2D eigenvalue weighted by atomic mass is 32.1. The minimum Gasteiger partial charge on any atom is -0.324 e. The van der Waals surface area contributed by atoms with Gasteiger partial charge >= 0.3 is 0 Å². The van der Waals surface area contributed by atoms with Crippen LogP contribution in [0.2, 0.25) is 0 Å². The minimum atomic E-state index is 1.35. The van der Waals surface area contributed by atoms with Gasteiger partial charge in [-0.15, -0.1) is 0 Å². The van der Waals surface area contributed by atoms with Crippen molar-refractivity contribution in [3.63, 3.8) is 0 Å². The van der Waals surface area contributed by atoms with Gasteiger partial charge in [0, 0.05) is 0 Å². The number of hydrogen-bond acceptors (Lipinski definition) is 1. The standard InChI is InChI=1S/C16H36N.C4H4S/c1-5-9-13-17(14-10-6-2,15-11-7-3)16-12-8-4;1-2-4-5-3-1/h5-16H2,1-4H3;1-4H/q+1;. The number of thiophene rings is 1. The first-order valence-corrected chi connectivity index (χ1v) is 10.5. The summed E-state index contributed by atoms with van der Waals surface area (Å²) in [6.07, 6.45) is 11.1. The third kappa shape index (κ3) is 11.3. The van der Waals surface area contributed by atoms with Crippen LogP contribution < -0.4 is 0 Å². The average Bonchev–Trinajstić information content (AvgIpc) is 3.13. The number of rotatable bonds is 12. The third-order valence-corrected chi connectivity index (χ3v) is 5.00. The summed E-state index contributed by atoms with van der Waals surface area (Å²) in [5.74, 6) is 0. The van der Waals surface area contributed by atoms with Gasteiger partial charge in [-0.05, 0) is 36.4 Å². The molecule has 0 aliphatic carbocycles. The van der Waals surface area contributed by atoms with Crippen LogP contribution in [0.1, 0.15) is 79.1 Å². The van der Waals surface area contributed by atoms with Gasteiger partial charge in [0.05, 0.1) is 26.2 Å². The lowest BCUT2D eigenvalue weighted by molar-refractivity contribution is -0.929. The van der Waals surface area contributed by atoms with Crippen molar-refractivity contribution in [2.75, 3.05) is 26.2 Å². The van der Waals surface area contributed by atoms with Crippen molar-refractivity contribution < 1.29 is 4.48 Å². The molecule has 1 nitrogen and oxygen atoms in total. The lowest BCUT2D eigenvalue weighted by Gasteiger charge is -2.39. The fourth-order valence-electron chi connectivity index (χ4n) is 2.87. The van der Waals surface area contributed by atoms with E-state index in [9.17, 15) is 0 Å². The van der Waals surface area contributed by atoms with Gasteiger partial charge in [-0.25, -0.2) is 0 Å². The molecular weight excluding hydrogens is 286 g/mol. The minimum absolute atomic E-state index is 1.35. The molecule has 1 aromatic heterocycles. The predicted octanol–water partition coefficient (Wildman–Crippen LogP) is 6.75. The Balaban J connectivity index is 0.000000734. The molecule has 0 aromatic carbocycles. The third-order valence-electron chi connectivity index (χ3n) is 4.37. The fraction of sp³-hybridized carbons (Fsp3) is 0.800. The van der Waals surface area contributed by atoms with Gasteiger partial charge in [-0.2, -0.15) is 11.3 Å². The zero-order valence-corrected chi connectivity index (χ0v) is 16.5. The topological polar surface area (TPSA) is 0 Å². The molecule has 0 aliphatic heterocycles. The zero-order valence-electron chi connectivity index (χ0n) is 15.7. The van der Waals surface area contributed by atoms with Crippen molar-refractivity contribution in [2.24, 2.45) is 0 Å². The molecule has 0 bridgehead atoms. The molecule has 0 radical (unpaired) electrons. The van der Waals surface area contributed by atoms with E-state index < -0.39 is 0 Å². The Morgan fingerprint density at radius 1 is 0.591 bits per heavy atom. The highest BCUT2D eigenvalue weighted by Crippen LogP contribution is 2.16.